The Morgan fingerprint density at radius 1 is 1.41 bits per heavy atom. The number of ether oxygens (including phenoxy) is 1. The molecule has 0 saturated carbocycles. The molecule has 3 rings (SSSR count). The van der Waals surface area contributed by atoms with Gasteiger partial charge in [0.2, 0.25) is 0 Å². The number of thioether (sulfide) groups is 1. The lowest BCUT2D eigenvalue weighted by Gasteiger charge is -2.17. The van der Waals surface area contributed by atoms with E-state index in [2.05, 4.69) is 15.8 Å². The highest BCUT2D eigenvalue weighted by Crippen LogP contribution is 2.38. The molecular formula is C11H11N3O2S. The fraction of sp³-hybridized carbons (Fsp3) is 0.273. The summed E-state index contributed by atoms with van der Waals surface area (Å²) < 4.78 is 5.33. The molecule has 0 aliphatic carbocycles. The molecule has 2 N–H and O–H groups in total. The van der Waals surface area contributed by atoms with Gasteiger partial charge in [0.15, 0.2) is 0 Å². The van der Waals surface area contributed by atoms with Crippen molar-refractivity contribution in [3.63, 3.8) is 0 Å². The van der Waals surface area contributed by atoms with E-state index in [9.17, 15) is 4.79 Å². The first-order chi connectivity index (χ1) is 8.29. The molecule has 0 spiro atoms. The number of carbonyl (C=O) groups is 1. The van der Waals surface area contributed by atoms with E-state index in [-0.39, 0.29) is 16.5 Å². The smallest absolute Gasteiger partial charge is 0.285 e. The fourth-order valence-electron chi connectivity index (χ4n) is 2.06. The van der Waals surface area contributed by atoms with Crippen molar-refractivity contribution < 1.29 is 9.53 Å². The third-order valence-corrected chi connectivity index (χ3v) is 3.90. The van der Waals surface area contributed by atoms with E-state index in [4.69, 9.17) is 4.74 Å². The summed E-state index contributed by atoms with van der Waals surface area (Å²) in [6, 6.07) is 7.74. The van der Waals surface area contributed by atoms with Crippen LogP contribution in [-0.4, -0.2) is 23.4 Å². The van der Waals surface area contributed by atoms with Crippen molar-refractivity contribution in [1.29, 1.82) is 0 Å². The van der Waals surface area contributed by atoms with E-state index in [1.165, 1.54) is 11.8 Å². The van der Waals surface area contributed by atoms with Crippen LogP contribution in [0.5, 0.6) is 5.75 Å². The lowest BCUT2D eigenvalue weighted by molar-refractivity contribution is 0.265. The zero-order chi connectivity index (χ0) is 11.8. The molecule has 2 aliphatic heterocycles. The highest BCUT2D eigenvalue weighted by Gasteiger charge is 2.42. The Labute approximate surface area is 103 Å². The summed E-state index contributed by atoms with van der Waals surface area (Å²) in [5, 5.41) is 6.83. The number of benzene rings is 1. The minimum Gasteiger partial charge on any atom is -0.496 e. The largest absolute Gasteiger partial charge is 0.496 e. The van der Waals surface area contributed by atoms with E-state index in [0.717, 1.165) is 11.3 Å². The van der Waals surface area contributed by atoms with Gasteiger partial charge in [-0.1, -0.05) is 30.0 Å². The van der Waals surface area contributed by atoms with Crippen LogP contribution in [0.2, 0.25) is 0 Å². The molecule has 1 saturated heterocycles. The van der Waals surface area contributed by atoms with Gasteiger partial charge < -0.3 is 10.1 Å². The second kappa shape index (κ2) is 3.96. The molecular weight excluding hydrogens is 238 g/mol. The SMILES string of the molecule is COc1ccccc1[C@H]1NN=C2NC(=O)S[C@H]21. The summed E-state index contributed by atoms with van der Waals surface area (Å²) >= 11 is 1.26. The first kappa shape index (κ1) is 10.5. The van der Waals surface area contributed by atoms with E-state index < -0.39 is 0 Å². The number of rotatable bonds is 2. The molecule has 0 radical (unpaired) electrons. The Morgan fingerprint density at radius 3 is 3.06 bits per heavy atom. The number of amides is 1. The molecule has 5 nitrogen and oxygen atoms in total. The molecule has 6 heteroatoms. The van der Waals surface area contributed by atoms with Gasteiger partial charge in [-0.15, -0.1) is 0 Å². The molecule has 2 heterocycles. The minimum absolute atomic E-state index is 0.0128. The Kier molecular flexibility index (Phi) is 2.44. The van der Waals surface area contributed by atoms with Crippen LogP contribution in [0.25, 0.3) is 0 Å². The van der Waals surface area contributed by atoms with Crippen molar-refractivity contribution in [2.24, 2.45) is 5.10 Å². The van der Waals surface area contributed by atoms with E-state index >= 15 is 0 Å². The van der Waals surface area contributed by atoms with E-state index in [0.29, 0.717) is 5.84 Å². The molecule has 0 bridgehead atoms. The van der Waals surface area contributed by atoms with E-state index in [1.54, 1.807) is 7.11 Å². The number of methoxy groups -OCH3 is 1. The van der Waals surface area contributed by atoms with Crippen molar-refractivity contribution in [2.75, 3.05) is 7.11 Å². The highest BCUT2D eigenvalue weighted by atomic mass is 32.2. The zero-order valence-corrected chi connectivity index (χ0v) is 9.95. The van der Waals surface area contributed by atoms with Crippen LogP contribution < -0.4 is 15.5 Å². The summed E-state index contributed by atoms with van der Waals surface area (Å²) in [6.45, 7) is 0. The van der Waals surface area contributed by atoms with E-state index in [1.807, 2.05) is 24.3 Å². The second-order valence-electron chi connectivity index (χ2n) is 3.80. The average Bonchev–Trinajstić information content (AvgIpc) is 2.87. The Morgan fingerprint density at radius 2 is 2.24 bits per heavy atom. The number of carbonyl (C=O) groups excluding carboxylic acids is 1. The Balaban J connectivity index is 1.94. The summed E-state index contributed by atoms with van der Waals surface area (Å²) in [5.41, 5.74) is 4.06. The topological polar surface area (TPSA) is 62.7 Å². The number of nitrogens with one attached hydrogen (secondary N) is 2. The maximum atomic E-state index is 11.3. The number of amidine groups is 1. The molecule has 1 fully saturated rings. The van der Waals surface area contributed by atoms with Gasteiger partial charge in [-0.25, -0.2) is 0 Å². The fourth-order valence-corrected chi connectivity index (χ4v) is 3.02. The standard InChI is InChI=1S/C11H11N3O2S/c1-16-7-5-3-2-4-6(7)8-9-10(14-13-8)12-11(15)17-9/h2-5,8-9,13H,1H3,(H,12,14,15)/t8-,9+/m1/s1. The Bertz CT molecular complexity index is 503. The van der Waals surface area contributed by atoms with Crippen LogP contribution in [0, 0.1) is 0 Å². The summed E-state index contributed by atoms with van der Waals surface area (Å²) in [4.78, 5) is 11.3. The van der Waals surface area contributed by atoms with Crippen molar-refractivity contribution >= 4 is 22.8 Å². The number of nitrogens with zero attached hydrogens (tertiary/aromatic N) is 1. The summed E-state index contributed by atoms with van der Waals surface area (Å²) in [7, 11) is 1.64. The molecule has 17 heavy (non-hydrogen) atoms. The van der Waals surface area contributed by atoms with Crippen LogP contribution in [0.15, 0.2) is 29.4 Å². The first-order valence-electron chi connectivity index (χ1n) is 5.23. The number of para-hydroxylation sites is 1. The third-order valence-electron chi connectivity index (χ3n) is 2.83. The predicted molar refractivity (Wildman–Crippen MR) is 66.2 cm³/mol. The van der Waals surface area contributed by atoms with Gasteiger partial charge in [0.25, 0.3) is 5.24 Å². The van der Waals surface area contributed by atoms with Crippen LogP contribution in [0.4, 0.5) is 4.79 Å². The monoisotopic (exact) mass is 249 g/mol. The highest BCUT2D eigenvalue weighted by molar-refractivity contribution is 8.15. The van der Waals surface area contributed by atoms with Gasteiger partial charge in [-0.05, 0) is 6.07 Å². The molecule has 0 aromatic heterocycles. The number of hydrogen-bond donors (Lipinski definition) is 2. The van der Waals surface area contributed by atoms with Gasteiger partial charge in [0, 0.05) is 5.56 Å². The number of hydrazone groups is 1. The van der Waals surface area contributed by atoms with Crippen molar-refractivity contribution in [1.82, 2.24) is 10.7 Å². The van der Waals surface area contributed by atoms with Gasteiger partial charge in [-0.2, -0.15) is 5.10 Å². The van der Waals surface area contributed by atoms with Crippen molar-refractivity contribution in [3.8, 4) is 5.75 Å². The maximum absolute atomic E-state index is 11.3. The van der Waals surface area contributed by atoms with Gasteiger partial charge in [0.1, 0.15) is 11.6 Å². The third kappa shape index (κ3) is 1.64. The number of fused-ring (bicyclic) bond motifs is 1. The molecule has 0 unspecified atom stereocenters. The second-order valence-corrected chi connectivity index (χ2v) is 4.91. The lowest BCUT2D eigenvalue weighted by atomic mass is 10.0. The van der Waals surface area contributed by atoms with Crippen LogP contribution in [0.1, 0.15) is 11.6 Å². The molecule has 2 atom stereocenters. The first-order valence-corrected chi connectivity index (χ1v) is 6.11. The normalized spacial score (nSPS) is 25.9. The summed E-state index contributed by atoms with van der Waals surface area (Å²) in [6.07, 6.45) is 0. The average molecular weight is 249 g/mol. The molecule has 1 aromatic rings. The Hall–Kier alpha value is -1.69. The summed E-state index contributed by atoms with van der Waals surface area (Å²) in [5.74, 6) is 1.51. The minimum atomic E-state index is -0.0462. The van der Waals surface area contributed by atoms with Crippen molar-refractivity contribution in [3.05, 3.63) is 29.8 Å². The van der Waals surface area contributed by atoms with Crippen LogP contribution in [0.3, 0.4) is 0 Å². The van der Waals surface area contributed by atoms with Gasteiger partial charge in [-0.3, -0.25) is 10.2 Å². The quantitative estimate of drug-likeness (QED) is 0.833. The predicted octanol–water partition coefficient (Wildman–Crippen LogP) is 1.48. The van der Waals surface area contributed by atoms with Crippen LogP contribution >= 0.6 is 11.8 Å². The lowest BCUT2D eigenvalue weighted by Crippen LogP contribution is -2.25. The molecule has 1 aromatic carbocycles. The molecule has 2 aliphatic rings. The van der Waals surface area contributed by atoms with Crippen molar-refractivity contribution in [2.45, 2.75) is 11.3 Å². The molecule has 88 valence electrons. The van der Waals surface area contributed by atoms with Gasteiger partial charge >= 0.3 is 0 Å². The van der Waals surface area contributed by atoms with Crippen LogP contribution in [-0.2, 0) is 0 Å². The maximum Gasteiger partial charge on any atom is 0.285 e. The number of hydrogen-bond acceptors (Lipinski definition) is 5. The molecule has 1 amide bonds. The van der Waals surface area contributed by atoms with Gasteiger partial charge in [0.05, 0.1) is 18.4 Å². The zero-order valence-electron chi connectivity index (χ0n) is 9.14.